The third-order valence-corrected chi connectivity index (χ3v) is 4.34. The van der Waals surface area contributed by atoms with Gasteiger partial charge in [-0.2, -0.15) is 5.10 Å². The molecule has 142 valence electrons. The van der Waals surface area contributed by atoms with Crippen molar-refractivity contribution in [2.24, 2.45) is 0 Å². The van der Waals surface area contributed by atoms with Gasteiger partial charge < -0.3 is 9.84 Å². The van der Waals surface area contributed by atoms with Gasteiger partial charge in [0.1, 0.15) is 5.75 Å². The maximum atomic E-state index is 12.1. The first-order chi connectivity index (χ1) is 12.9. The smallest absolute Gasteiger partial charge is 0.412 e. The Bertz CT molecular complexity index is 971. The van der Waals surface area contributed by atoms with Crippen molar-refractivity contribution in [3.63, 3.8) is 0 Å². The highest BCUT2D eigenvalue weighted by molar-refractivity contribution is 6.29. The molecular formula is C19H21ClN4O3. The first-order valence-corrected chi connectivity index (χ1v) is 9.05. The van der Waals surface area contributed by atoms with E-state index >= 15 is 0 Å². The van der Waals surface area contributed by atoms with Gasteiger partial charge in [-0.15, -0.1) is 0 Å². The van der Waals surface area contributed by atoms with Crippen LogP contribution in [-0.2, 0) is 6.54 Å². The minimum absolute atomic E-state index is 0.103. The number of para-hydroxylation sites is 1. The number of rotatable bonds is 6. The Balaban J connectivity index is 2.10. The highest BCUT2D eigenvalue weighted by atomic mass is 35.5. The molecule has 0 radical (unpaired) electrons. The number of hydrogen-bond donors (Lipinski definition) is 1. The Morgan fingerprint density at radius 1 is 1.37 bits per heavy atom. The Labute approximate surface area is 162 Å². The number of benzene rings is 1. The number of carbonyl (C=O) groups is 1. The van der Waals surface area contributed by atoms with Crippen molar-refractivity contribution in [2.45, 2.75) is 33.2 Å². The van der Waals surface area contributed by atoms with E-state index in [1.807, 2.05) is 45.0 Å². The second-order valence-corrected chi connectivity index (χ2v) is 6.72. The monoisotopic (exact) mass is 388 g/mol. The van der Waals surface area contributed by atoms with Crippen LogP contribution in [0.2, 0.25) is 5.15 Å². The fraction of sp³-hybridized carbons (Fsp3) is 0.316. The fourth-order valence-corrected chi connectivity index (χ4v) is 3.07. The molecule has 1 amide bonds. The van der Waals surface area contributed by atoms with E-state index in [1.165, 1.54) is 11.0 Å². The van der Waals surface area contributed by atoms with E-state index in [2.05, 4.69) is 10.1 Å². The molecule has 3 aromatic rings. The van der Waals surface area contributed by atoms with Crippen LogP contribution in [0.15, 0.2) is 36.5 Å². The Kier molecular flexibility index (Phi) is 5.51. The van der Waals surface area contributed by atoms with E-state index < -0.39 is 6.09 Å². The summed E-state index contributed by atoms with van der Waals surface area (Å²) >= 11 is 6.19. The molecule has 0 bridgehead atoms. The number of carboxylic acid groups (broad SMARTS) is 1. The molecule has 0 atom stereocenters. The van der Waals surface area contributed by atoms with Crippen LogP contribution in [0.5, 0.6) is 5.75 Å². The molecule has 3 rings (SSSR count). The van der Waals surface area contributed by atoms with Gasteiger partial charge in [0.15, 0.2) is 10.8 Å². The molecule has 0 saturated heterocycles. The molecule has 8 heteroatoms. The molecular weight excluding hydrogens is 368 g/mol. The maximum Gasteiger partial charge on any atom is 0.412 e. The molecule has 2 heterocycles. The number of ether oxygens (including phenoxy) is 1. The number of nitrogens with zero attached hydrogens (tertiary/aromatic N) is 4. The number of aromatic nitrogens is 3. The van der Waals surface area contributed by atoms with Gasteiger partial charge in [-0.25, -0.2) is 14.3 Å². The normalized spacial score (nSPS) is 11.1. The molecule has 0 fully saturated rings. The number of amides is 1. The molecule has 0 unspecified atom stereocenters. The number of halogens is 1. The second-order valence-electron chi connectivity index (χ2n) is 6.33. The maximum absolute atomic E-state index is 12.1. The summed E-state index contributed by atoms with van der Waals surface area (Å²) in [5.74, 6) is 0.810. The molecule has 7 nitrogen and oxygen atoms in total. The van der Waals surface area contributed by atoms with E-state index in [4.69, 9.17) is 16.3 Å². The summed E-state index contributed by atoms with van der Waals surface area (Å²) in [6.45, 7) is 6.51. The minimum atomic E-state index is -1.11. The van der Waals surface area contributed by atoms with Crippen LogP contribution in [0.4, 0.5) is 10.5 Å². The van der Waals surface area contributed by atoms with Crippen LogP contribution in [-0.4, -0.2) is 32.4 Å². The molecule has 0 aliphatic heterocycles. The standard InChI is InChI=1S/C19H21ClN4O3/c1-4-27-16-8-6-5-7-13(16)11-23(19(25)26)14-9-17(20)22-24-15(12(2)3)10-21-18(14)24/h5-10,12H,4,11H2,1-3H3,(H,25,26). The summed E-state index contributed by atoms with van der Waals surface area (Å²) < 4.78 is 7.23. The third-order valence-electron chi connectivity index (χ3n) is 4.16. The van der Waals surface area contributed by atoms with Gasteiger partial charge in [0.2, 0.25) is 0 Å². The summed E-state index contributed by atoms with van der Waals surface area (Å²) in [5, 5.41) is 14.3. The molecule has 1 N–H and O–H groups in total. The molecule has 0 saturated carbocycles. The van der Waals surface area contributed by atoms with Crippen LogP contribution in [0, 0.1) is 0 Å². The lowest BCUT2D eigenvalue weighted by atomic mass is 10.1. The summed E-state index contributed by atoms with van der Waals surface area (Å²) in [6.07, 6.45) is 0.584. The fourth-order valence-electron chi connectivity index (χ4n) is 2.89. The number of fused-ring (bicyclic) bond motifs is 1. The van der Waals surface area contributed by atoms with Gasteiger partial charge in [0, 0.05) is 11.6 Å². The van der Waals surface area contributed by atoms with Crippen molar-refractivity contribution in [1.82, 2.24) is 14.6 Å². The van der Waals surface area contributed by atoms with E-state index in [0.717, 1.165) is 11.3 Å². The lowest BCUT2D eigenvalue weighted by Crippen LogP contribution is -2.29. The molecule has 2 aromatic heterocycles. The van der Waals surface area contributed by atoms with Crippen molar-refractivity contribution in [3.8, 4) is 5.75 Å². The average Bonchev–Trinajstić information content (AvgIpc) is 3.04. The zero-order valence-corrected chi connectivity index (χ0v) is 16.1. The van der Waals surface area contributed by atoms with Gasteiger partial charge in [-0.1, -0.05) is 43.6 Å². The first-order valence-electron chi connectivity index (χ1n) is 8.67. The first kappa shape index (κ1) is 19.0. The summed E-state index contributed by atoms with van der Waals surface area (Å²) in [4.78, 5) is 17.7. The number of anilines is 1. The lowest BCUT2D eigenvalue weighted by Gasteiger charge is -2.21. The highest BCUT2D eigenvalue weighted by Gasteiger charge is 2.23. The molecule has 1 aromatic carbocycles. The SMILES string of the molecule is CCOc1ccccc1CN(C(=O)O)c1cc(Cl)nn2c(C(C)C)cnc12. The van der Waals surface area contributed by atoms with E-state index in [1.54, 1.807) is 10.7 Å². The van der Waals surface area contributed by atoms with E-state index in [0.29, 0.717) is 23.7 Å². The van der Waals surface area contributed by atoms with Gasteiger partial charge >= 0.3 is 6.09 Å². The molecule has 0 aliphatic carbocycles. The van der Waals surface area contributed by atoms with Gasteiger partial charge in [-0.05, 0) is 18.9 Å². The lowest BCUT2D eigenvalue weighted by molar-refractivity contribution is 0.201. The predicted molar refractivity (Wildman–Crippen MR) is 104 cm³/mol. The largest absolute Gasteiger partial charge is 0.494 e. The topological polar surface area (TPSA) is 80.0 Å². The Morgan fingerprint density at radius 3 is 2.78 bits per heavy atom. The Morgan fingerprint density at radius 2 is 2.11 bits per heavy atom. The molecule has 27 heavy (non-hydrogen) atoms. The van der Waals surface area contributed by atoms with Gasteiger partial charge in [0.25, 0.3) is 0 Å². The van der Waals surface area contributed by atoms with Crippen LogP contribution >= 0.6 is 11.6 Å². The van der Waals surface area contributed by atoms with Crippen molar-refractivity contribution in [2.75, 3.05) is 11.5 Å². The van der Waals surface area contributed by atoms with Crippen LogP contribution in [0.25, 0.3) is 5.65 Å². The quantitative estimate of drug-likeness (QED) is 0.668. The van der Waals surface area contributed by atoms with Gasteiger partial charge in [-0.3, -0.25) is 4.90 Å². The molecule has 0 spiro atoms. The van der Waals surface area contributed by atoms with Crippen molar-refractivity contribution in [1.29, 1.82) is 0 Å². The summed E-state index contributed by atoms with van der Waals surface area (Å²) in [5.41, 5.74) is 2.43. The summed E-state index contributed by atoms with van der Waals surface area (Å²) in [7, 11) is 0. The average molecular weight is 389 g/mol. The second kappa shape index (κ2) is 7.84. The number of imidazole rings is 1. The number of hydrogen-bond acceptors (Lipinski definition) is 4. The zero-order chi connectivity index (χ0) is 19.6. The third kappa shape index (κ3) is 3.83. The van der Waals surface area contributed by atoms with Crippen molar-refractivity contribution in [3.05, 3.63) is 52.9 Å². The predicted octanol–water partition coefficient (Wildman–Crippen LogP) is 4.59. The highest BCUT2D eigenvalue weighted by Crippen LogP contribution is 2.29. The summed E-state index contributed by atoms with van der Waals surface area (Å²) in [6, 6.07) is 8.88. The molecule has 0 aliphatic rings. The van der Waals surface area contributed by atoms with Crippen molar-refractivity contribution >= 4 is 29.0 Å². The van der Waals surface area contributed by atoms with Gasteiger partial charge in [0.05, 0.1) is 30.7 Å². The zero-order valence-electron chi connectivity index (χ0n) is 15.4. The van der Waals surface area contributed by atoms with Crippen molar-refractivity contribution < 1.29 is 14.6 Å². The van der Waals surface area contributed by atoms with Crippen LogP contribution in [0.3, 0.4) is 0 Å². The Hall–Kier alpha value is -2.80. The van der Waals surface area contributed by atoms with E-state index in [9.17, 15) is 9.90 Å². The van der Waals surface area contributed by atoms with Crippen LogP contribution in [0.1, 0.15) is 37.9 Å². The van der Waals surface area contributed by atoms with Crippen LogP contribution < -0.4 is 9.64 Å². The van der Waals surface area contributed by atoms with E-state index in [-0.39, 0.29) is 17.6 Å². The minimum Gasteiger partial charge on any atom is -0.494 e.